The third kappa shape index (κ3) is 4.19. The van der Waals surface area contributed by atoms with Crippen LogP contribution < -0.4 is 0 Å². The van der Waals surface area contributed by atoms with E-state index in [9.17, 15) is 4.79 Å². The number of halogens is 3. The fraction of sp³-hybridized carbons (Fsp3) is 0.412. The van der Waals surface area contributed by atoms with Gasteiger partial charge in [0.15, 0.2) is 0 Å². The first kappa shape index (κ1) is 18.7. The number of hydrogen-bond donors (Lipinski definition) is 0. The quantitative estimate of drug-likeness (QED) is 0.715. The number of nitrogens with zero attached hydrogens (tertiary/aromatic N) is 4. The van der Waals surface area contributed by atoms with Crippen LogP contribution in [0.25, 0.3) is 0 Å². The number of carbonyl (C=O) groups is 1. The van der Waals surface area contributed by atoms with E-state index >= 15 is 0 Å². The van der Waals surface area contributed by atoms with Crippen molar-refractivity contribution in [3.8, 4) is 0 Å². The van der Waals surface area contributed by atoms with E-state index in [1.54, 1.807) is 10.9 Å². The van der Waals surface area contributed by atoms with Crippen LogP contribution in [0.3, 0.4) is 0 Å². The molecular weight excluding hydrogens is 427 g/mol. The van der Waals surface area contributed by atoms with Crippen molar-refractivity contribution in [3.05, 3.63) is 50.2 Å². The zero-order valence-electron chi connectivity index (χ0n) is 13.9. The molecular formula is C17H19BrCl2N4O. The first-order valence-electron chi connectivity index (χ1n) is 8.16. The lowest BCUT2D eigenvalue weighted by Gasteiger charge is -2.34. The zero-order chi connectivity index (χ0) is 18.0. The van der Waals surface area contributed by atoms with Gasteiger partial charge in [-0.2, -0.15) is 5.10 Å². The molecule has 0 bridgehead atoms. The van der Waals surface area contributed by atoms with Gasteiger partial charge in [-0.15, -0.1) is 0 Å². The highest BCUT2D eigenvalue weighted by molar-refractivity contribution is 9.10. The molecule has 0 saturated carbocycles. The highest BCUT2D eigenvalue weighted by atomic mass is 79.9. The van der Waals surface area contributed by atoms with E-state index in [4.69, 9.17) is 23.2 Å². The molecule has 0 atom stereocenters. The van der Waals surface area contributed by atoms with Crippen molar-refractivity contribution in [2.24, 2.45) is 0 Å². The van der Waals surface area contributed by atoms with Gasteiger partial charge < -0.3 is 4.90 Å². The minimum Gasteiger partial charge on any atom is -0.335 e. The van der Waals surface area contributed by atoms with Gasteiger partial charge in [-0.3, -0.25) is 14.4 Å². The fourth-order valence-electron chi connectivity index (χ4n) is 2.97. The van der Waals surface area contributed by atoms with Crippen LogP contribution in [0, 0.1) is 0 Å². The highest BCUT2D eigenvalue weighted by Crippen LogP contribution is 2.24. The summed E-state index contributed by atoms with van der Waals surface area (Å²) in [5.74, 6) is 0.0282. The van der Waals surface area contributed by atoms with Crippen LogP contribution in [0.1, 0.15) is 23.0 Å². The Morgan fingerprint density at radius 2 is 1.92 bits per heavy atom. The van der Waals surface area contributed by atoms with Gasteiger partial charge in [0.2, 0.25) is 0 Å². The lowest BCUT2D eigenvalue weighted by Crippen LogP contribution is -2.48. The van der Waals surface area contributed by atoms with E-state index in [1.807, 2.05) is 30.0 Å². The number of piperazine rings is 1. The summed E-state index contributed by atoms with van der Waals surface area (Å²) >= 11 is 15.5. The normalized spacial score (nSPS) is 15.6. The topological polar surface area (TPSA) is 41.4 Å². The Bertz CT molecular complexity index is 772. The van der Waals surface area contributed by atoms with Crippen molar-refractivity contribution in [2.75, 3.05) is 26.2 Å². The molecule has 1 amide bonds. The van der Waals surface area contributed by atoms with Gasteiger partial charge in [0.25, 0.3) is 5.91 Å². The largest absolute Gasteiger partial charge is 0.335 e. The van der Waals surface area contributed by atoms with Gasteiger partial charge in [-0.25, -0.2) is 0 Å². The number of amides is 1. The molecule has 0 spiro atoms. The van der Waals surface area contributed by atoms with Crippen LogP contribution in [0.5, 0.6) is 0 Å². The predicted octanol–water partition coefficient (Wildman–Crippen LogP) is 3.93. The average Bonchev–Trinajstić information content (AvgIpc) is 2.99. The summed E-state index contributed by atoms with van der Waals surface area (Å²) in [5.41, 5.74) is 1.75. The molecule has 1 aromatic heterocycles. The standard InChI is InChI=1S/C17H19BrCl2N4O/c1-2-24-16(13(18)10-21-24)17(25)23-7-5-22(6-8-23)11-12-3-4-14(19)15(20)9-12/h3-4,9-10H,2,5-8,11H2,1H3. The summed E-state index contributed by atoms with van der Waals surface area (Å²) in [6, 6.07) is 5.71. The smallest absolute Gasteiger partial charge is 0.273 e. The number of aryl methyl sites for hydroxylation is 1. The predicted molar refractivity (Wildman–Crippen MR) is 103 cm³/mol. The summed E-state index contributed by atoms with van der Waals surface area (Å²) in [5, 5.41) is 5.37. The third-order valence-electron chi connectivity index (χ3n) is 4.35. The molecule has 8 heteroatoms. The molecule has 0 radical (unpaired) electrons. The Balaban J connectivity index is 1.60. The van der Waals surface area contributed by atoms with E-state index < -0.39 is 0 Å². The van der Waals surface area contributed by atoms with Crippen LogP contribution in [-0.4, -0.2) is 51.7 Å². The van der Waals surface area contributed by atoms with Crippen LogP contribution >= 0.6 is 39.1 Å². The van der Waals surface area contributed by atoms with Crippen LogP contribution in [0.2, 0.25) is 10.0 Å². The molecule has 1 aromatic carbocycles. The van der Waals surface area contributed by atoms with E-state index in [0.717, 1.165) is 29.7 Å². The lowest BCUT2D eigenvalue weighted by molar-refractivity contribution is 0.0615. The summed E-state index contributed by atoms with van der Waals surface area (Å²) in [6.45, 7) is 6.49. The van der Waals surface area contributed by atoms with Gasteiger partial charge in [0, 0.05) is 39.3 Å². The number of aromatic nitrogens is 2. The van der Waals surface area contributed by atoms with Crippen molar-refractivity contribution < 1.29 is 4.79 Å². The number of hydrogen-bond acceptors (Lipinski definition) is 3. The van der Waals surface area contributed by atoms with Crippen molar-refractivity contribution in [2.45, 2.75) is 20.0 Å². The highest BCUT2D eigenvalue weighted by Gasteiger charge is 2.26. The third-order valence-corrected chi connectivity index (χ3v) is 5.67. The van der Waals surface area contributed by atoms with Gasteiger partial charge in [0.1, 0.15) is 5.69 Å². The number of benzene rings is 1. The minimum atomic E-state index is 0.0282. The van der Waals surface area contributed by atoms with E-state index in [0.29, 0.717) is 35.4 Å². The second-order valence-corrected chi connectivity index (χ2v) is 7.64. The monoisotopic (exact) mass is 444 g/mol. The Labute approximate surface area is 165 Å². The number of rotatable bonds is 4. The maximum atomic E-state index is 12.8. The van der Waals surface area contributed by atoms with Crippen molar-refractivity contribution in [3.63, 3.8) is 0 Å². The van der Waals surface area contributed by atoms with Gasteiger partial charge in [0.05, 0.1) is 20.7 Å². The summed E-state index contributed by atoms with van der Waals surface area (Å²) in [6.07, 6.45) is 1.68. The molecule has 0 aliphatic carbocycles. The van der Waals surface area contributed by atoms with E-state index in [2.05, 4.69) is 25.9 Å². The van der Waals surface area contributed by atoms with Crippen LogP contribution in [0.15, 0.2) is 28.9 Å². The van der Waals surface area contributed by atoms with Crippen molar-refractivity contribution in [1.29, 1.82) is 0 Å². The van der Waals surface area contributed by atoms with Crippen LogP contribution in [-0.2, 0) is 13.1 Å². The lowest BCUT2D eigenvalue weighted by atomic mass is 10.2. The molecule has 1 fully saturated rings. The molecule has 1 aliphatic heterocycles. The summed E-state index contributed by atoms with van der Waals surface area (Å²) in [7, 11) is 0. The van der Waals surface area contributed by atoms with Crippen molar-refractivity contribution in [1.82, 2.24) is 19.6 Å². The fourth-order valence-corrected chi connectivity index (χ4v) is 3.76. The van der Waals surface area contributed by atoms with Gasteiger partial charge in [-0.05, 0) is 40.5 Å². The second kappa shape index (κ2) is 8.08. The molecule has 0 N–H and O–H groups in total. The molecule has 2 aromatic rings. The SMILES string of the molecule is CCn1ncc(Br)c1C(=O)N1CCN(Cc2ccc(Cl)c(Cl)c2)CC1. The van der Waals surface area contributed by atoms with Gasteiger partial charge in [-0.1, -0.05) is 29.3 Å². The molecule has 3 rings (SSSR count). The van der Waals surface area contributed by atoms with E-state index in [-0.39, 0.29) is 5.91 Å². The minimum absolute atomic E-state index is 0.0282. The first-order chi connectivity index (χ1) is 12.0. The first-order valence-corrected chi connectivity index (χ1v) is 9.71. The average molecular weight is 446 g/mol. The second-order valence-electron chi connectivity index (χ2n) is 5.97. The molecule has 0 unspecified atom stereocenters. The Hall–Kier alpha value is -1.08. The molecule has 25 heavy (non-hydrogen) atoms. The van der Waals surface area contributed by atoms with Gasteiger partial charge >= 0.3 is 0 Å². The Morgan fingerprint density at radius 1 is 1.20 bits per heavy atom. The van der Waals surface area contributed by atoms with Crippen LogP contribution in [0.4, 0.5) is 0 Å². The maximum absolute atomic E-state index is 12.8. The summed E-state index contributed by atoms with van der Waals surface area (Å²) < 4.78 is 2.48. The molecule has 2 heterocycles. The summed E-state index contributed by atoms with van der Waals surface area (Å²) in [4.78, 5) is 17.0. The van der Waals surface area contributed by atoms with Crippen molar-refractivity contribution >= 4 is 45.0 Å². The molecule has 134 valence electrons. The number of carbonyl (C=O) groups excluding carboxylic acids is 1. The Kier molecular flexibility index (Phi) is 6.04. The Morgan fingerprint density at radius 3 is 2.56 bits per heavy atom. The zero-order valence-corrected chi connectivity index (χ0v) is 17.0. The molecule has 1 aliphatic rings. The molecule has 1 saturated heterocycles. The molecule has 5 nitrogen and oxygen atoms in total. The maximum Gasteiger partial charge on any atom is 0.273 e. The van der Waals surface area contributed by atoms with E-state index in [1.165, 1.54) is 0 Å².